The molecule has 0 aliphatic carbocycles. The van der Waals surface area contributed by atoms with Gasteiger partial charge in [0.05, 0.1) is 23.3 Å². The number of benzene rings is 1. The van der Waals surface area contributed by atoms with E-state index in [1.54, 1.807) is 13.2 Å². The highest BCUT2D eigenvalue weighted by molar-refractivity contribution is 5.93. The summed E-state index contributed by atoms with van der Waals surface area (Å²) in [5, 5.41) is 21.5. The normalized spacial score (nSPS) is 12.8. The summed E-state index contributed by atoms with van der Waals surface area (Å²) in [5.41, 5.74) is 1.00. The van der Waals surface area contributed by atoms with Gasteiger partial charge in [0.1, 0.15) is 0 Å². The fourth-order valence-electron chi connectivity index (χ4n) is 1.90. The van der Waals surface area contributed by atoms with Gasteiger partial charge in [0.15, 0.2) is 5.52 Å². The van der Waals surface area contributed by atoms with E-state index < -0.39 is 4.92 Å². The zero-order valence-electron chi connectivity index (χ0n) is 11.5. The Balaban J connectivity index is 2.38. The van der Waals surface area contributed by atoms with Crippen molar-refractivity contribution in [3.05, 3.63) is 22.2 Å². The number of anilines is 1. The van der Waals surface area contributed by atoms with Gasteiger partial charge in [0.2, 0.25) is 5.52 Å². The molecule has 0 bridgehead atoms. The van der Waals surface area contributed by atoms with Crippen molar-refractivity contribution in [2.75, 3.05) is 19.0 Å². The van der Waals surface area contributed by atoms with Gasteiger partial charge < -0.3 is 10.1 Å². The molecular weight excluding hydrogens is 264 g/mol. The number of hydrogen-bond donors (Lipinski definition) is 1. The van der Waals surface area contributed by atoms with Crippen molar-refractivity contribution < 1.29 is 14.3 Å². The predicted octanol–water partition coefficient (Wildman–Crippen LogP) is 2.21. The summed E-state index contributed by atoms with van der Waals surface area (Å²) in [4.78, 5) is 10.4. The molecule has 0 amide bonds. The van der Waals surface area contributed by atoms with Crippen LogP contribution in [0.4, 0.5) is 11.4 Å². The molecule has 0 spiro atoms. The number of nitrogens with one attached hydrogen (secondary N) is 1. The topological polar surface area (TPSA) is 103 Å². The van der Waals surface area contributed by atoms with Crippen LogP contribution in [0.25, 0.3) is 11.0 Å². The zero-order chi connectivity index (χ0) is 14.7. The molecule has 2 aromatic rings. The van der Waals surface area contributed by atoms with Crippen LogP contribution in [0.15, 0.2) is 16.8 Å². The summed E-state index contributed by atoms with van der Waals surface area (Å²) < 4.78 is 9.79. The summed E-state index contributed by atoms with van der Waals surface area (Å²) in [6.45, 7) is 4.63. The van der Waals surface area contributed by atoms with E-state index in [0.29, 0.717) is 23.7 Å². The maximum absolute atomic E-state index is 10.9. The number of nitro benzene ring substituents is 1. The van der Waals surface area contributed by atoms with Gasteiger partial charge in [-0.3, -0.25) is 10.1 Å². The minimum absolute atomic E-state index is 0.0568. The van der Waals surface area contributed by atoms with Crippen molar-refractivity contribution in [3.63, 3.8) is 0 Å². The molecule has 108 valence electrons. The molecule has 0 saturated carbocycles. The van der Waals surface area contributed by atoms with E-state index in [2.05, 4.69) is 34.1 Å². The Morgan fingerprint density at radius 1 is 1.40 bits per heavy atom. The first-order chi connectivity index (χ1) is 9.54. The van der Waals surface area contributed by atoms with Crippen LogP contribution in [0.5, 0.6) is 0 Å². The Morgan fingerprint density at radius 3 is 2.70 bits per heavy atom. The number of nitro groups is 1. The minimum atomic E-state index is -0.509. The third-order valence-corrected chi connectivity index (χ3v) is 3.08. The standard InChI is InChI=1S/C12H16N4O4/c1-7(2)9(6-19-3)13-8-4-5-10(16(17)18)12-11(8)14-20-15-12/h4-5,7,9,13H,6H2,1-3H3. The van der Waals surface area contributed by atoms with Crippen LogP contribution in [0, 0.1) is 16.0 Å². The number of hydrogen-bond acceptors (Lipinski definition) is 7. The lowest BCUT2D eigenvalue weighted by atomic mass is 10.0. The van der Waals surface area contributed by atoms with Crippen LogP contribution in [0.2, 0.25) is 0 Å². The Morgan fingerprint density at radius 2 is 2.10 bits per heavy atom. The predicted molar refractivity (Wildman–Crippen MR) is 72.6 cm³/mol. The Bertz CT molecular complexity index is 611. The highest BCUT2D eigenvalue weighted by Crippen LogP contribution is 2.29. The summed E-state index contributed by atoms with van der Waals surface area (Å²) in [6.07, 6.45) is 0. The fourth-order valence-corrected chi connectivity index (χ4v) is 1.90. The highest BCUT2D eigenvalue weighted by atomic mass is 16.6. The number of rotatable bonds is 6. The van der Waals surface area contributed by atoms with Crippen LogP contribution < -0.4 is 5.32 Å². The third kappa shape index (κ3) is 2.69. The molecule has 0 aliphatic rings. The van der Waals surface area contributed by atoms with Crippen molar-refractivity contribution in [3.8, 4) is 0 Å². The lowest BCUT2D eigenvalue weighted by Crippen LogP contribution is -2.30. The van der Waals surface area contributed by atoms with Crippen molar-refractivity contribution in [1.29, 1.82) is 0 Å². The average Bonchev–Trinajstić information content (AvgIpc) is 2.87. The molecule has 0 radical (unpaired) electrons. The van der Waals surface area contributed by atoms with Gasteiger partial charge in [0, 0.05) is 13.2 Å². The van der Waals surface area contributed by atoms with Gasteiger partial charge in [-0.05, 0) is 22.3 Å². The molecule has 1 aromatic heterocycles. The van der Waals surface area contributed by atoms with Crippen molar-refractivity contribution >= 4 is 22.4 Å². The lowest BCUT2D eigenvalue weighted by Gasteiger charge is -2.22. The number of ether oxygens (including phenoxy) is 1. The second-order valence-electron chi connectivity index (χ2n) is 4.80. The van der Waals surface area contributed by atoms with E-state index in [1.165, 1.54) is 6.07 Å². The number of methoxy groups -OCH3 is 1. The average molecular weight is 280 g/mol. The van der Waals surface area contributed by atoms with Gasteiger partial charge in [-0.25, -0.2) is 4.63 Å². The maximum atomic E-state index is 10.9. The van der Waals surface area contributed by atoms with Crippen LogP contribution in [0.1, 0.15) is 13.8 Å². The van der Waals surface area contributed by atoms with Crippen molar-refractivity contribution in [2.45, 2.75) is 19.9 Å². The van der Waals surface area contributed by atoms with Crippen LogP contribution in [-0.2, 0) is 4.74 Å². The van der Waals surface area contributed by atoms with Gasteiger partial charge >= 0.3 is 5.69 Å². The quantitative estimate of drug-likeness (QED) is 0.639. The molecule has 1 aromatic carbocycles. The SMILES string of the molecule is COCC(Nc1ccc([N+](=O)[O-])c2nonc12)C(C)C. The fraction of sp³-hybridized carbons (Fsp3) is 0.500. The van der Waals surface area contributed by atoms with Crippen molar-refractivity contribution in [2.24, 2.45) is 5.92 Å². The monoisotopic (exact) mass is 280 g/mol. The van der Waals surface area contributed by atoms with E-state index in [9.17, 15) is 10.1 Å². The molecule has 0 saturated heterocycles. The van der Waals surface area contributed by atoms with Crippen LogP contribution in [0.3, 0.4) is 0 Å². The molecular formula is C12H16N4O4. The van der Waals surface area contributed by atoms with Gasteiger partial charge in [0.25, 0.3) is 0 Å². The molecule has 2 rings (SSSR count). The molecule has 1 N–H and O–H groups in total. The lowest BCUT2D eigenvalue weighted by molar-refractivity contribution is -0.383. The molecule has 1 unspecified atom stereocenters. The summed E-state index contributed by atoms with van der Waals surface area (Å²) in [5.74, 6) is 0.319. The first-order valence-corrected chi connectivity index (χ1v) is 6.19. The van der Waals surface area contributed by atoms with Crippen molar-refractivity contribution in [1.82, 2.24) is 10.3 Å². The summed E-state index contributed by atoms with van der Waals surface area (Å²) in [6, 6.07) is 3.05. The van der Waals surface area contributed by atoms with Crippen LogP contribution in [-0.4, -0.2) is 35.0 Å². The largest absolute Gasteiger partial charge is 0.383 e. The van der Waals surface area contributed by atoms with E-state index in [-0.39, 0.29) is 17.2 Å². The maximum Gasteiger partial charge on any atom is 0.300 e. The van der Waals surface area contributed by atoms with Crippen LogP contribution >= 0.6 is 0 Å². The highest BCUT2D eigenvalue weighted by Gasteiger charge is 2.21. The number of non-ortho nitro benzene ring substituents is 1. The second-order valence-corrected chi connectivity index (χ2v) is 4.80. The molecule has 8 heteroatoms. The van der Waals surface area contributed by atoms with E-state index in [0.717, 1.165) is 0 Å². The minimum Gasteiger partial charge on any atom is -0.383 e. The Kier molecular flexibility index (Phi) is 4.14. The third-order valence-electron chi connectivity index (χ3n) is 3.08. The molecule has 8 nitrogen and oxygen atoms in total. The smallest absolute Gasteiger partial charge is 0.300 e. The van der Waals surface area contributed by atoms with Gasteiger partial charge in [-0.1, -0.05) is 13.8 Å². The number of aromatic nitrogens is 2. The second kappa shape index (κ2) is 5.83. The molecule has 20 heavy (non-hydrogen) atoms. The number of nitrogens with zero attached hydrogens (tertiary/aromatic N) is 3. The summed E-state index contributed by atoms with van der Waals surface area (Å²) in [7, 11) is 1.63. The first-order valence-electron chi connectivity index (χ1n) is 6.19. The zero-order valence-corrected chi connectivity index (χ0v) is 11.5. The van der Waals surface area contributed by atoms with Gasteiger partial charge in [-0.15, -0.1) is 0 Å². The molecule has 1 heterocycles. The summed E-state index contributed by atoms with van der Waals surface area (Å²) >= 11 is 0. The Hall–Kier alpha value is -2.22. The van der Waals surface area contributed by atoms with E-state index >= 15 is 0 Å². The van der Waals surface area contributed by atoms with Gasteiger partial charge in [-0.2, -0.15) is 0 Å². The van der Waals surface area contributed by atoms with E-state index in [4.69, 9.17) is 4.74 Å². The van der Waals surface area contributed by atoms with E-state index in [1.807, 2.05) is 0 Å². The number of fused-ring (bicyclic) bond motifs is 1. The Labute approximate surface area is 115 Å². The first kappa shape index (κ1) is 14.2. The molecule has 1 atom stereocenters. The molecule has 0 aliphatic heterocycles. The molecule has 0 fully saturated rings.